The number of aliphatic hydroxyl groups is 1. The zero-order chi connectivity index (χ0) is 11.3. The largest absolute Gasteiger partial charge is 0.481 e. The number of carbonyl (C=O) groups is 1. The zero-order valence-corrected chi connectivity index (χ0v) is 8.85. The molecule has 0 amide bonds. The number of allylic oxidation sites excluding steroid dienone is 2. The van der Waals surface area contributed by atoms with Crippen LogP contribution in [0.25, 0.3) is 0 Å². The van der Waals surface area contributed by atoms with Crippen LogP contribution in [0.2, 0.25) is 0 Å². The van der Waals surface area contributed by atoms with Crippen LogP contribution in [0, 0.1) is 5.92 Å². The van der Waals surface area contributed by atoms with Crippen molar-refractivity contribution in [3.05, 3.63) is 24.8 Å². The van der Waals surface area contributed by atoms with Crippen molar-refractivity contribution < 1.29 is 15.0 Å². The highest BCUT2D eigenvalue weighted by Crippen LogP contribution is 2.35. The summed E-state index contributed by atoms with van der Waals surface area (Å²) < 4.78 is 0. The van der Waals surface area contributed by atoms with Crippen molar-refractivity contribution in [1.29, 1.82) is 0 Å². The van der Waals surface area contributed by atoms with E-state index in [1.165, 1.54) is 12.2 Å². The predicted octanol–water partition coefficient (Wildman–Crippen LogP) is 2.12. The van der Waals surface area contributed by atoms with Gasteiger partial charge < -0.3 is 10.2 Å². The predicted molar refractivity (Wildman–Crippen MR) is 58.5 cm³/mol. The number of aliphatic carboxylic acids is 1. The number of hydrogen-bond donors (Lipinski definition) is 2. The van der Waals surface area contributed by atoms with Gasteiger partial charge in [0.15, 0.2) is 0 Å². The molecule has 0 bridgehead atoms. The average molecular weight is 210 g/mol. The lowest BCUT2D eigenvalue weighted by atomic mass is 9.75. The van der Waals surface area contributed by atoms with Crippen molar-refractivity contribution in [1.82, 2.24) is 0 Å². The maximum absolute atomic E-state index is 11.1. The molecular weight excluding hydrogens is 192 g/mol. The van der Waals surface area contributed by atoms with Gasteiger partial charge in [0.05, 0.1) is 5.60 Å². The standard InChI is InChI=1S/C12H18O3/c1-2-3-7-10(11(13)14)12(15)8-5-4-6-9-12/h2-3,7,10,15H,1,4-6,8-9H2,(H,13,14)/b7-3+. The molecule has 1 fully saturated rings. The Labute approximate surface area is 90.1 Å². The molecule has 0 heterocycles. The monoisotopic (exact) mass is 210 g/mol. The van der Waals surface area contributed by atoms with Crippen LogP contribution in [0.4, 0.5) is 0 Å². The van der Waals surface area contributed by atoms with E-state index in [2.05, 4.69) is 6.58 Å². The molecule has 0 saturated heterocycles. The van der Waals surface area contributed by atoms with Gasteiger partial charge in [-0.1, -0.05) is 44.1 Å². The third-order valence-corrected chi connectivity index (χ3v) is 3.00. The molecule has 0 aromatic rings. The van der Waals surface area contributed by atoms with Crippen LogP contribution >= 0.6 is 0 Å². The molecule has 1 unspecified atom stereocenters. The molecule has 0 aliphatic heterocycles. The van der Waals surface area contributed by atoms with E-state index in [9.17, 15) is 9.90 Å². The van der Waals surface area contributed by atoms with Gasteiger partial charge in [-0.3, -0.25) is 4.79 Å². The minimum Gasteiger partial charge on any atom is -0.481 e. The van der Waals surface area contributed by atoms with E-state index in [0.717, 1.165) is 19.3 Å². The summed E-state index contributed by atoms with van der Waals surface area (Å²) >= 11 is 0. The summed E-state index contributed by atoms with van der Waals surface area (Å²) in [6.07, 6.45) is 8.69. The smallest absolute Gasteiger partial charge is 0.313 e. The highest BCUT2D eigenvalue weighted by molar-refractivity contribution is 5.73. The second-order valence-electron chi connectivity index (χ2n) is 4.10. The van der Waals surface area contributed by atoms with Gasteiger partial charge in [0.25, 0.3) is 0 Å². The first-order chi connectivity index (χ1) is 7.10. The zero-order valence-electron chi connectivity index (χ0n) is 8.85. The lowest BCUT2D eigenvalue weighted by Gasteiger charge is -2.35. The fourth-order valence-corrected chi connectivity index (χ4v) is 2.16. The van der Waals surface area contributed by atoms with Crippen LogP contribution in [0.15, 0.2) is 24.8 Å². The summed E-state index contributed by atoms with van der Waals surface area (Å²) in [7, 11) is 0. The Kier molecular flexibility index (Phi) is 4.09. The van der Waals surface area contributed by atoms with Gasteiger partial charge in [0.1, 0.15) is 5.92 Å². The quantitative estimate of drug-likeness (QED) is 0.699. The Hall–Kier alpha value is -1.09. The Bertz CT molecular complexity index is 262. The molecule has 1 atom stereocenters. The van der Waals surface area contributed by atoms with Gasteiger partial charge in [-0.2, -0.15) is 0 Å². The first kappa shape index (κ1) is 12.0. The third kappa shape index (κ3) is 2.93. The second-order valence-corrected chi connectivity index (χ2v) is 4.10. The number of carboxylic acids is 1. The molecule has 15 heavy (non-hydrogen) atoms. The Morgan fingerprint density at radius 2 is 1.93 bits per heavy atom. The SMILES string of the molecule is C=C/C=C/C(C(=O)O)C1(O)CCCCC1. The summed E-state index contributed by atoms with van der Waals surface area (Å²) in [5, 5.41) is 19.3. The van der Waals surface area contributed by atoms with Crippen molar-refractivity contribution >= 4 is 5.97 Å². The molecule has 0 aromatic heterocycles. The molecule has 0 aromatic carbocycles. The molecule has 1 aliphatic carbocycles. The second kappa shape index (κ2) is 5.12. The fraction of sp³-hybridized carbons (Fsp3) is 0.583. The highest BCUT2D eigenvalue weighted by Gasteiger charge is 2.40. The molecule has 0 spiro atoms. The first-order valence-corrected chi connectivity index (χ1v) is 5.34. The van der Waals surface area contributed by atoms with E-state index in [1.807, 2.05) is 0 Å². The molecule has 3 nitrogen and oxygen atoms in total. The molecule has 84 valence electrons. The maximum Gasteiger partial charge on any atom is 0.313 e. The molecule has 0 radical (unpaired) electrons. The summed E-state index contributed by atoms with van der Waals surface area (Å²) in [6.45, 7) is 3.50. The highest BCUT2D eigenvalue weighted by atomic mass is 16.4. The number of rotatable bonds is 4. The summed E-state index contributed by atoms with van der Waals surface area (Å²) in [6, 6.07) is 0. The first-order valence-electron chi connectivity index (χ1n) is 5.34. The van der Waals surface area contributed by atoms with Gasteiger partial charge in [-0.15, -0.1) is 0 Å². The molecule has 1 aliphatic rings. The molecular formula is C12H18O3. The average Bonchev–Trinajstić information content (AvgIpc) is 2.18. The van der Waals surface area contributed by atoms with Gasteiger partial charge in [0.2, 0.25) is 0 Å². The molecule has 2 N–H and O–H groups in total. The van der Waals surface area contributed by atoms with Crippen molar-refractivity contribution in [3.8, 4) is 0 Å². The van der Waals surface area contributed by atoms with Crippen molar-refractivity contribution in [2.75, 3.05) is 0 Å². The van der Waals surface area contributed by atoms with Crippen molar-refractivity contribution in [2.24, 2.45) is 5.92 Å². The van der Waals surface area contributed by atoms with Crippen LogP contribution in [-0.2, 0) is 4.79 Å². The maximum atomic E-state index is 11.1. The van der Waals surface area contributed by atoms with Gasteiger partial charge in [-0.25, -0.2) is 0 Å². The summed E-state index contributed by atoms with van der Waals surface area (Å²) in [5.41, 5.74) is -1.07. The van der Waals surface area contributed by atoms with E-state index >= 15 is 0 Å². The minimum atomic E-state index is -1.07. The van der Waals surface area contributed by atoms with Crippen molar-refractivity contribution in [3.63, 3.8) is 0 Å². The van der Waals surface area contributed by atoms with Crippen LogP contribution in [0.5, 0.6) is 0 Å². The van der Waals surface area contributed by atoms with Gasteiger partial charge in [0, 0.05) is 0 Å². The Morgan fingerprint density at radius 1 is 1.33 bits per heavy atom. The van der Waals surface area contributed by atoms with Gasteiger partial charge in [-0.05, 0) is 12.8 Å². The minimum absolute atomic E-state index is 0.575. The molecule has 3 heteroatoms. The Morgan fingerprint density at radius 3 is 2.40 bits per heavy atom. The van der Waals surface area contributed by atoms with Crippen LogP contribution in [0.1, 0.15) is 32.1 Å². The lowest BCUT2D eigenvalue weighted by Crippen LogP contribution is -2.43. The number of carboxylic acid groups (broad SMARTS) is 1. The fourth-order valence-electron chi connectivity index (χ4n) is 2.16. The van der Waals surface area contributed by atoms with Gasteiger partial charge >= 0.3 is 5.97 Å². The normalized spacial score (nSPS) is 22.5. The number of hydrogen-bond acceptors (Lipinski definition) is 2. The summed E-state index contributed by atoms with van der Waals surface area (Å²) in [5.74, 6) is -1.77. The van der Waals surface area contributed by atoms with Crippen LogP contribution in [-0.4, -0.2) is 21.8 Å². The molecule has 1 saturated carbocycles. The van der Waals surface area contributed by atoms with E-state index in [1.54, 1.807) is 6.08 Å². The van der Waals surface area contributed by atoms with E-state index < -0.39 is 17.5 Å². The Balaban J connectivity index is 2.81. The van der Waals surface area contributed by atoms with Crippen LogP contribution in [0.3, 0.4) is 0 Å². The van der Waals surface area contributed by atoms with E-state index in [-0.39, 0.29) is 0 Å². The van der Waals surface area contributed by atoms with Crippen LogP contribution < -0.4 is 0 Å². The van der Waals surface area contributed by atoms with E-state index in [0.29, 0.717) is 12.8 Å². The lowest BCUT2D eigenvalue weighted by molar-refractivity contribution is -0.150. The van der Waals surface area contributed by atoms with Crippen molar-refractivity contribution in [2.45, 2.75) is 37.7 Å². The summed E-state index contributed by atoms with van der Waals surface area (Å²) in [4.78, 5) is 11.1. The van der Waals surface area contributed by atoms with E-state index in [4.69, 9.17) is 5.11 Å². The topological polar surface area (TPSA) is 57.5 Å². The third-order valence-electron chi connectivity index (χ3n) is 3.00. The molecule has 1 rings (SSSR count).